The molecule has 3 atom stereocenters. The summed E-state index contributed by atoms with van der Waals surface area (Å²) in [5.41, 5.74) is 6.59. The standard InChI is InChI=1S/C29H41N3O7/c1-31(2)23-15-19(6-4-7-21-8-5-10-32(21)3)28(38)27-22(23)13-18(14-24(27)35)12-20(9-11-33)29(39,17-34)25(36)16-26(30)37/h5,8,10,15,18,20,33-34,38-39H,4,6-7,9,11-14,16-17H2,1-3H3,(H2,30,37)/t18-,20-,29-/m1/s1. The van der Waals surface area contributed by atoms with Gasteiger partial charge in [-0.1, -0.05) is 0 Å². The van der Waals surface area contributed by atoms with E-state index in [2.05, 4.69) is 10.6 Å². The Hall–Kier alpha value is -3.21. The third kappa shape index (κ3) is 6.69. The van der Waals surface area contributed by atoms with Gasteiger partial charge in [0.2, 0.25) is 5.91 Å². The van der Waals surface area contributed by atoms with Crippen molar-refractivity contribution in [3.63, 3.8) is 0 Å². The highest BCUT2D eigenvalue weighted by Crippen LogP contribution is 2.43. The van der Waals surface area contributed by atoms with Gasteiger partial charge in [0.15, 0.2) is 11.6 Å². The number of amides is 1. The molecule has 0 spiro atoms. The minimum Gasteiger partial charge on any atom is -0.507 e. The number of benzene rings is 1. The van der Waals surface area contributed by atoms with Crippen LogP contribution in [0, 0.1) is 11.8 Å². The number of rotatable bonds is 14. The predicted molar refractivity (Wildman–Crippen MR) is 147 cm³/mol. The molecule has 1 aliphatic carbocycles. The topological polar surface area (TPSA) is 166 Å². The molecule has 0 aliphatic heterocycles. The first kappa shape index (κ1) is 30.3. The fourth-order valence-electron chi connectivity index (χ4n) is 5.82. The number of carbonyl (C=O) groups excluding carboxylic acids is 3. The number of aryl methyl sites for hydroxylation is 3. The van der Waals surface area contributed by atoms with Crippen molar-refractivity contribution in [1.82, 2.24) is 4.57 Å². The average Bonchev–Trinajstić information content (AvgIpc) is 3.28. The van der Waals surface area contributed by atoms with E-state index in [1.807, 2.05) is 44.4 Å². The van der Waals surface area contributed by atoms with Crippen molar-refractivity contribution in [3.8, 4) is 5.75 Å². The van der Waals surface area contributed by atoms with Gasteiger partial charge in [-0.15, -0.1) is 0 Å². The highest BCUT2D eigenvalue weighted by atomic mass is 16.3. The summed E-state index contributed by atoms with van der Waals surface area (Å²) < 4.78 is 2.06. The second kappa shape index (κ2) is 12.8. The number of nitrogens with zero attached hydrogens (tertiary/aromatic N) is 2. The molecule has 1 amide bonds. The Morgan fingerprint density at radius 2 is 1.95 bits per heavy atom. The van der Waals surface area contributed by atoms with Crippen molar-refractivity contribution in [1.29, 1.82) is 0 Å². The molecule has 1 aromatic carbocycles. The first-order chi connectivity index (χ1) is 18.4. The molecule has 3 rings (SSSR count). The van der Waals surface area contributed by atoms with Gasteiger partial charge in [0.1, 0.15) is 11.4 Å². The average molecular weight is 544 g/mol. The van der Waals surface area contributed by atoms with Gasteiger partial charge in [0, 0.05) is 51.7 Å². The first-order valence-electron chi connectivity index (χ1n) is 13.4. The van der Waals surface area contributed by atoms with Crippen LogP contribution in [0.25, 0.3) is 0 Å². The third-order valence-corrected chi connectivity index (χ3v) is 7.95. The lowest BCUT2D eigenvalue weighted by atomic mass is 9.71. The van der Waals surface area contributed by atoms with Crippen molar-refractivity contribution < 1.29 is 34.8 Å². The van der Waals surface area contributed by atoms with E-state index in [9.17, 15) is 34.8 Å². The molecule has 1 aromatic heterocycles. The van der Waals surface area contributed by atoms with Crippen molar-refractivity contribution in [2.24, 2.45) is 24.6 Å². The lowest BCUT2D eigenvalue weighted by molar-refractivity contribution is -0.153. The number of ketones is 2. The monoisotopic (exact) mass is 543 g/mol. The third-order valence-electron chi connectivity index (χ3n) is 7.95. The Morgan fingerprint density at radius 3 is 2.51 bits per heavy atom. The maximum atomic E-state index is 13.4. The van der Waals surface area contributed by atoms with Crippen molar-refractivity contribution in [2.45, 2.75) is 57.0 Å². The molecular weight excluding hydrogens is 502 g/mol. The van der Waals surface area contributed by atoms with Crippen LogP contribution in [0.1, 0.15) is 59.3 Å². The lowest BCUT2D eigenvalue weighted by Gasteiger charge is -2.37. The van der Waals surface area contributed by atoms with Gasteiger partial charge in [-0.2, -0.15) is 0 Å². The molecule has 214 valence electrons. The van der Waals surface area contributed by atoms with Gasteiger partial charge >= 0.3 is 0 Å². The molecule has 1 heterocycles. The van der Waals surface area contributed by atoms with E-state index >= 15 is 0 Å². The lowest BCUT2D eigenvalue weighted by Crippen LogP contribution is -2.51. The van der Waals surface area contributed by atoms with Crippen LogP contribution in [-0.4, -0.2) is 75.4 Å². The quantitative estimate of drug-likeness (QED) is 0.222. The predicted octanol–water partition coefficient (Wildman–Crippen LogP) is 1.27. The van der Waals surface area contributed by atoms with E-state index in [0.29, 0.717) is 29.5 Å². The summed E-state index contributed by atoms with van der Waals surface area (Å²) in [6, 6.07) is 5.97. The number of hydrogen-bond donors (Lipinski definition) is 5. The van der Waals surface area contributed by atoms with Crippen molar-refractivity contribution in [2.75, 3.05) is 32.2 Å². The van der Waals surface area contributed by atoms with Crippen LogP contribution in [0.3, 0.4) is 0 Å². The van der Waals surface area contributed by atoms with E-state index in [0.717, 1.165) is 18.5 Å². The highest BCUT2D eigenvalue weighted by molar-refractivity contribution is 6.03. The normalized spacial score (nSPS) is 17.4. The van der Waals surface area contributed by atoms with Gasteiger partial charge in [-0.3, -0.25) is 14.4 Å². The summed E-state index contributed by atoms with van der Waals surface area (Å²) in [6.07, 6.45) is 4.11. The van der Waals surface area contributed by atoms with E-state index < -0.39 is 36.2 Å². The number of Topliss-reactive ketones (excluding diaryl/α,β-unsaturated/α-hetero) is 2. The molecule has 0 bridgehead atoms. The van der Waals surface area contributed by atoms with E-state index in [1.54, 1.807) is 0 Å². The molecule has 1 aliphatic rings. The van der Waals surface area contributed by atoms with E-state index in [-0.39, 0.29) is 43.3 Å². The molecule has 39 heavy (non-hydrogen) atoms. The van der Waals surface area contributed by atoms with Crippen LogP contribution in [0.4, 0.5) is 5.69 Å². The van der Waals surface area contributed by atoms with Gasteiger partial charge in [-0.05, 0) is 79.7 Å². The molecule has 0 unspecified atom stereocenters. The maximum Gasteiger partial charge on any atom is 0.224 e. The van der Waals surface area contributed by atoms with Crippen LogP contribution in [-0.2, 0) is 35.9 Å². The number of hydrogen-bond acceptors (Lipinski definition) is 8. The van der Waals surface area contributed by atoms with E-state index in [4.69, 9.17) is 5.73 Å². The first-order valence-corrected chi connectivity index (χ1v) is 13.4. The Balaban J connectivity index is 1.87. The number of fused-ring (bicyclic) bond motifs is 1. The Bertz CT molecular complexity index is 1210. The number of phenols is 1. The zero-order chi connectivity index (χ0) is 28.9. The largest absolute Gasteiger partial charge is 0.507 e. The van der Waals surface area contributed by atoms with Crippen LogP contribution in [0.5, 0.6) is 5.75 Å². The Labute approximate surface area is 229 Å². The molecule has 0 fully saturated rings. The number of phenolic OH excluding ortho intramolecular Hbond substituents is 1. The minimum atomic E-state index is -2.27. The molecule has 0 saturated carbocycles. The van der Waals surface area contributed by atoms with Crippen LogP contribution < -0.4 is 10.6 Å². The number of aliphatic hydroxyl groups is 3. The number of aromatic hydroxyl groups is 1. The number of nitrogens with two attached hydrogens (primary N) is 1. The summed E-state index contributed by atoms with van der Waals surface area (Å²) in [7, 11) is 5.73. The number of primary amides is 1. The number of anilines is 1. The number of aliphatic hydroxyl groups excluding tert-OH is 2. The van der Waals surface area contributed by atoms with Crippen molar-refractivity contribution in [3.05, 3.63) is 46.8 Å². The van der Waals surface area contributed by atoms with Crippen LogP contribution in [0.15, 0.2) is 24.4 Å². The number of carbonyl (C=O) groups is 3. The molecule has 2 aromatic rings. The summed E-state index contributed by atoms with van der Waals surface area (Å²) in [4.78, 5) is 39.3. The van der Waals surface area contributed by atoms with Gasteiger partial charge in [0.05, 0.1) is 18.6 Å². The smallest absolute Gasteiger partial charge is 0.224 e. The molecule has 0 radical (unpaired) electrons. The summed E-state index contributed by atoms with van der Waals surface area (Å²) in [5.74, 6) is -3.28. The van der Waals surface area contributed by atoms with Gasteiger partial charge < -0.3 is 35.6 Å². The minimum absolute atomic E-state index is 0.00124. The Kier molecular flexibility index (Phi) is 9.93. The summed E-state index contributed by atoms with van der Waals surface area (Å²) in [6.45, 7) is -1.29. The van der Waals surface area contributed by atoms with Crippen LogP contribution >= 0.6 is 0 Å². The van der Waals surface area contributed by atoms with Crippen molar-refractivity contribution >= 4 is 23.2 Å². The second-order valence-corrected chi connectivity index (χ2v) is 10.9. The zero-order valence-corrected chi connectivity index (χ0v) is 23.0. The molecule has 0 saturated heterocycles. The fourth-order valence-corrected chi connectivity index (χ4v) is 5.82. The summed E-state index contributed by atoms with van der Waals surface area (Å²) in [5, 5.41) is 41.8. The number of aromatic nitrogens is 1. The Morgan fingerprint density at radius 1 is 1.23 bits per heavy atom. The van der Waals surface area contributed by atoms with Gasteiger partial charge in [0.25, 0.3) is 0 Å². The fraction of sp³-hybridized carbons (Fsp3) is 0.552. The SMILES string of the molecule is CN(C)c1cc(CCCc2cccn2C)c(O)c2c1C[C@@H](C[C@@H](CCO)[C@](O)(CO)C(=O)CC(N)=O)CC2=O. The molecule has 10 heteroatoms. The summed E-state index contributed by atoms with van der Waals surface area (Å²) >= 11 is 0. The highest BCUT2D eigenvalue weighted by Gasteiger charge is 2.45. The van der Waals surface area contributed by atoms with Gasteiger partial charge in [-0.25, -0.2) is 0 Å². The molecule has 6 N–H and O–H groups in total. The zero-order valence-electron chi connectivity index (χ0n) is 23.0. The maximum absolute atomic E-state index is 13.4. The molecular formula is C29H41N3O7. The van der Waals surface area contributed by atoms with E-state index in [1.165, 1.54) is 5.69 Å². The second-order valence-electron chi connectivity index (χ2n) is 10.9. The van der Waals surface area contributed by atoms with Crippen LogP contribution in [0.2, 0.25) is 0 Å². The molecule has 10 nitrogen and oxygen atoms in total.